The fourth-order valence-electron chi connectivity index (χ4n) is 3.70. The van der Waals surface area contributed by atoms with Crippen molar-refractivity contribution in [3.05, 3.63) is 95.1 Å². The molecule has 0 spiro atoms. The second kappa shape index (κ2) is 5.46. The topological polar surface area (TPSA) is 0 Å². The van der Waals surface area contributed by atoms with E-state index in [1.807, 2.05) is 0 Å². The van der Waals surface area contributed by atoms with Gasteiger partial charge in [-0.3, -0.25) is 0 Å². The maximum Gasteiger partial charge on any atom is 0.0105 e. The number of benzene rings is 3. The molecule has 3 aromatic carbocycles. The number of hydrogen-bond donors (Lipinski definition) is 0. The van der Waals surface area contributed by atoms with Crippen molar-refractivity contribution in [1.82, 2.24) is 0 Å². The van der Waals surface area contributed by atoms with Crippen molar-refractivity contribution in [2.75, 3.05) is 0 Å². The molecule has 22 heavy (non-hydrogen) atoms. The Bertz CT molecular complexity index is 799. The van der Waals surface area contributed by atoms with Crippen molar-refractivity contribution in [3.63, 3.8) is 0 Å². The summed E-state index contributed by atoms with van der Waals surface area (Å²) in [5, 5.41) is 0. The summed E-state index contributed by atoms with van der Waals surface area (Å²) in [6.45, 7) is 2.19. The van der Waals surface area contributed by atoms with E-state index in [1.165, 1.54) is 39.8 Å². The summed E-state index contributed by atoms with van der Waals surface area (Å²) in [7, 11) is 0. The average molecular weight is 284 g/mol. The monoisotopic (exact) mass is 284 g/mol. The van der Waals surface area contributed by atoms with Crippen molar-refractivity contribution >= 4 is 0 Å². The van der Waals surface area contributed by atoms with Crippen LogP contribution >= 0.6 is 0 Å². The SMILES string of the molecule is Cc1ccc2c(c1)C(CCc1ccccc1)c1ccccc1-2. The van der Waals surface area contributed by atoms with Crippen LogP contribution in [0.2, 0.25) is 0 Å². The van der Waals surface area contributed by atoms with Gasteiger partial charge in [0.15, 0.2) is 0 Å². The minimum absolute atomic E-state index is 0.534. The molecular weight excluding hydrogens is 264 g/mol. The van der Waals surface area contributed by atoms with Crippen LogP contribution in [-0.2, 0) is 6.42 Å². The minimum atomic E-state index is 0.534. The molecule has 0 aliphatic heterocycles. The zero-order valence-corrected chi connectivity index (χ0v) is 12.9. The van der Waals surface area contributed by atoms with Gasteiger partial charge >= 0.3 is 0 Å². The molecule has 108 valence electrons. The zero-order chi connectivity index (χ0) is 14.9. The lowest BCUT2D eigenvalue weighted by Crippen LogP contribution is -1.99. The highest BCUT2D eigenvalue weighted by Crippen LogP contribution is 2.46. The van der Waals surface area contributed by atoms with Crippen LogP contribution in [0.4, 0.5) is 0 Å². The summed E-state index contributed by atoms with van der Waals surface area (Å²) >= 11 is 0. The molecule has 0 radical (unpaired) electrons. The number of fused-ring (bicyclic) bond motifs is 3. The third-order valence-electron chi connectivity index (χ3n) is 4.77. The van der Waals surface area contributed by atoms with E-state index in [4.69, 9.17) is 0 Å². The lowest BCUT2D eigenvalue weighted by Gasteiger charge is -2.14. The van der Waals surface area contributed by atoms with Gasteiger partial charge in [-0.2, -0.15) is 0 Å². The van der Waals surface area contributed by atoms with E-state index in [1.54, 1.807) is 0 Å². The number of aryl methyl sites for hydroxylation is 2. The van der Waals surface area contributed by atoms with Crippen molar-refractivity contribution < 1.29 is 0 Å². The van der Waals surface area contributed by atoms with E-state index in [0.717, 1.165) is 6.42 Å². The van der Waals surface area contributed by atoms with Gasteiger partial charge in [0.25, 0.3) is 0 Å². The molecule has 0 fully saturated rings. The van der Waals surface area contributed by atoms with Crippen LogP contribution in [0.3, 0.4) is 0 Å². The highest BCUT2D eigenvalue weighted by molar-refractivity contribution is 5.79. The van der Waals surface area contributed by atoms with Crippen LogP contribution in [0.15, 0.2) is 72.8 Å². The summed E-state index contributed by atoms with van der Waals surface area (Å²) in [5.74, 6) is 0.534. The molecule has 0 amide bonds. The van der Waals surface area contributed by atoms with Gasteiger partial charge in [0.1, 0.15) is 0 Å². The predicted octanol–water partition coefficient (Wildman–Crippen LogP) is 5.74. The van der Waals surface area contributed by atoms with Gasteiger partial charge in [-0.1, -0.05) is 78.4 Å². The normalized spacial score (nSPS) is 15.4. The first-order valence-corrected chi connectivity index (χ1v) is 8.07. The minimum Gasteiger partial charge on any atom is -0.0622 e. The number of rotatable bonds is 3. The maximum atomic E-state index is 2.38. The molecule has 0 heterocycles. The zero-order valence-electron chi connectivity index (χ0n) is 12.9. The van der Waals surface area contributed by atoms with Gasteiger partial charge in [0, 0.05) is 5.92 Å². The van der Waals surface area contributed by atoms with Crippen LogP contribution in [0, 0.1) is 6.92 Å². The van der Waals surface area contributed by atoms with Gasteiger partial charge < -0.3 is 0 Å². The van der Waals surface area contributed by atoms with Crippen LogP contribution in [0.1, 0.15) is 34.6 Å². The van der Waals surface area contributed by atoms with E-state index in [-0.39, 0.29) is 0 Å². The highest BCUT2D eigenvalue weighted by Gasteiger charge is 2.27. The Kier molecular flexibility index (Phi) is 3.31. The van der Waals surface area contributed by atoms with Gasteiger partial charge in [0.05, 0.1) is 0 Å². The first-order chi connectivity index (χ1) is 10.8. The molecule has 3 aromatic rings. The fraction of sp³-hybridized carbons (Fsp3) is 0.182. The molecule has 0 heteroatoms. The van der Waals surface area contributed by atoms with Crippen molar-refractivity contribution in [2.45, 2.75) is 25.7 Å². The Morgan fingerprint density at radius 3 is 2.32 bits per heavy atom. The average Bonchev–Trinajstić information content (AvgIpc) is 2.87. The second-order valence-corrected chi connectivity index (χ2v) is 6.25. The lowest BCUT2D eigenvalue weighted by atomic mass is 9.90. The molecule has 0 saturated heterocycles. The molecule has 0 saturated carbocycles. The molecule has 1 aliphatic rings. The van der Waals surface area contributed by atoms with Crippen molar-refractivity contribution in [1.29, 1.82) is 0 Å². The highest BCUT2D eigenvalue weighted by atomic mass is 14.3. The standard InChI is InChI=1S/C22H20/c1-16-11-13-20-18-9-5-6-10-19(18)21(22(20)15-16)14-12-17-7-3-2-4-8-17/h2-11,13,15,21H,12,14H2,1H3. The fourth-order valence-corrected chi connectivity index (χ4v) is 3.70. The van der Waals surface area contributed by atoms with Gasteiger partial charge in [-0.05, 0) is 47.6 Å². The molecule has 0 nitrogen and oxygen atoms in total. The molecule has 4 rings (SSSR count). The molecule has 1 atom stereocenters. The molecule has 0 N–H and O–H groups in total. The van der Waals surface area contributed by atoms with Crippen LogP contribution in [0.25, 0.3) is 11.1 Å². The van der Waals surface area contributed by atoms with Crippen molar-refractivity contribution in [3.8, 4) is 11.1 Å². The quantitative estimate of drug-likeness (QED) is 0.575. The van der Waals surface area contributed by atoms with Crippen LogP contribution in [0.5, 0.6) is 0 Å². The van der Waals surface area contributed by atoms with Gasteiger partial charge in [0.2, 0.25) is 0 Å². The van der Waals surface area contributed by atoms with Gasteiger partial charge in [-0.25, -0.2) is 0 Å². The Morgan fingerprint density at radius 2 is 1.45 bits per heavy atom. The summed E-state index contributed by atoms with van der Waals surface area (Å²) in [4.78, 5) is 0. The summed E-state index contributed by atoms with van der Waals surface area (Å²) in [5.41, 5.74) is 8.66. The summed E-state index contributed by atoms with van der Waals surface area (Å²) < 4.78 is 0. The Labute approximate surface area is 132 Å². The maximum absolute atomic E-state index is 2.38. The van der Waals surface area contributed by atoms with Crippen LogP contribution < -0.4 is 0 Å². The summed E-state index contributed by atoms with van der Waals surface area (Å²) in [6, 6.07) is 26.6. The van der Waals surface area contributed by atoms with Gasteiger partial charge in [-0.15, -0.1) is 0 Å². The molecular formula is C22H20. The lowest BCUT2D eigenvalue weighted by molar-refractivity contribution is 0.729. The van der Waals surface area contributed by atoms with E-state index in [9.17, 15) is 0 Å². The Hall–Kier alpha value is -2.34. The largest absolute Gasteiger partial charge is 0.0622 e. The second-order valence-electron chi connectivity index (χ2n) is 6.25. The molecule has 0 bridgehead atoms. The van der Waals surface area contributed by atoms with E-state index in [2.05, 4.69) is 79.7 Å². The van der Waals surface area contributed by atoms with Crippen LogP contribution in [-0.4, -0.2) is 0 Å². The molecule has 1 unspecified atom stereocenters. The summed E-state index contributed by atoms with van der Waals surface area (Å²) in [6.07, 6.45) is 2.31. The Balaban J connectivity index is 1.71. The van der Waals surface area contributed by atoms with E-state index < -0.39 is 0 Å². The smallest absolute Gasteiger partial charge is 0.0105 e. The first kappa shape index (κ1) is 13.3. The van der Waals surface area contributed by atoms with E-state index in [0.29, 0.717) is 5.92 Å². The first-order valence-electron chi connectivity index (χ1n) is 8.07. The Morgan fingerprint density at radius 1 is 0.727 bits per heavy atom. The third-order valence-corrected chi connectivity index (χ3v) is 4.77. The number of hydrogen-bond acceptors (Lipinski definition) is 0. The molecule has 0 aromatic heterocycles. The van der Waals surface area contributed by atoms with Crippen molar-refractivity contribution in [2.24, 2.45) is 0 Å². The molecule has 1 aliphatic carbocycles. The van der Waals surface area contributed by atoms with E-state index >= 15 is 0 Å². The third kappa shape index (κ3) is 2.25. The predicted molar refractivity (Wildman–Crippen MR) is 93.2 cm³/mol.